The molecule has 3 rings (SSSR count). The number of hydrogen-bond acceptors (Lipinski definition) is 4. The third-order valence-corrected chi connectivity index (χ3v) is 4.24. The number of benzene rings is 1. The summed E-state index contributed by atoms with van der Waals surface area (Å²) in [4.78, 5) is 20.7. The van der Waals surface area contributed by atoms with E-state index >= 15 is 0 Å². The lowest BCUT2D eigenvalue weighted by molar-refractivity contribution is 0.0784. The van der Waals surface area contributed by atoms with Crippen molar-refractivity contribution in [1.82, 2.24) is 9.88 Å². The van der Waals surface area contributed by atoms with E-state index in [-0.39, 0.29) is 5.91 Å². The first-order valence-corrected chi connectivity index (χ1v) is 8.23. The highest BCUT2D eigenvalue weighted by Crippen LogP contribution is 2.17. The summed E-state index contributed by atoms with van der Waals surface area (Å²) in [6.07, 6.45) is 1.63. The molecule has 0 bridgehead atoms. The SMILES string of the molecule is Cc1ccc(C(=O)N(C)Cc2ccc(N3CCOCC3)cc2)cn1. The zero-order valence-electron chi connectivity index (χ0n) is 14.2. The van der Waals surface area contributed by atoms with Crippen LogP contribution >= 0.6 is 0 Å². The van der Waals surface area contributed by atoms with Crippen LogP contribution in [0, 0.1) is 6.92 Å². The molecule has 0 radical (unpaired) electrons. The number of rotatable bonds is 4. The Hall–Kier alpha value is -2.40. The molecule has 1 aromatic carbocycles. The molecular weight excluding hydrogens is 302 g/mol. The van der Waals surface area contributed by atoms with E-state index in [9.17, 15) is 4.79 Å². The number of ether oxygens (including phenoxy) is 1. The highest BCUT2D eigenvalue weighted by molar-refractivity contribution is 5.93. The van der Waals surface area contributed by atoms with Gasteiger partial charge in [0, 0.05) is 44.3 Å². The Kier molecular flexibility index (Phi) is 5.11. The summed E-state index contributed by atoms with van der Waals surface area (Å²) < 4.78 is 5.38. The number of morpholine rings is 1. The fourth-order valence-corrected chi connectivity index (χ4v) is 2.79. The summed E-state index contributed by atoms with van der Waals surface area (Å²) in [5, 5.41) is 0. The van der Waals surface area contributed by atoms with Crippen molar-refractivity contribution in [2.75, 3.05) is 38.3 Å². The van der Waals surface area contributed by atoms with Crippen molar-refractivity contribution in [2.24, 2.45) is 0 Å². The van der Waals surface area contributed by atoms with Gasteiger partial charge in [-0.3, -0.25) is 9.78 Å². The quantitative estimate of drug-likeness (QED) is 0.866. The van der Waals surface area contributed by atoms with E-state index in [1.165, 1.54) is 5.69 Å². The van der Waals surface area contributed by atoms with Gasteiger partial charge in [-0.25, -0.2) is 0 Å². The van der Waals surface area contributed by atoms with E-state index in [0.29, 0.717) is 12.1 Å². The van der Waals surface area contributed by atoms with Gasteiger partial charge in [-0.2, -0.15) is 0 Å². The van der Waals surface area contributed by atoms with Crippen molar-refractivity contribution in [3.63, 3.8) is 0 Å². The van der Waals surface area contributed by atoms with Gasteiger partial charge in [0.1, 0.15) is 0 Å². The van der Waals surface area contributed by atoms with Crippen LogP contribution in [-0.2, 0) is 11.3 Å². The third kappa shape index (κ3) is 3.92. The molecule has 0 spiro atoms. The molecule has 1 aliphatic heterocycles. The number of anilines is 1. The van der Waals surface area contributed by atoms with Crippen LogP contribution in [0.3, 0.4) is 0 Å². The second kappa shape index (κ2) is 7.45. The van der Waals surface area contributed by atoms with Crippen LogP contribution in [0.1, 0.15) is 21.6 Å². The minimum absolute atomic E-state index is 0.0141. The van der Waals surface area contributed by atoms with Gasteiger partial charge in [-0.1, -0.05) is 12.1 Å². The summed E-state index contributed by atoms with van der Waals surface area (Å²) >= 11 is 0. The van der Waals surface area contributed by atoms with Crippen LogP contribution in [0.25, 0.3) is 0 Å². The smallest absolute Gasteiger partial charge is 0.255 e. The standard InChI is InChI=1S/C19H23N3O2/c1-15-3-6-17(13-20-15)19(23)21(2)14-16-4-7-18(8-5-16)22-9-11-24-12-10-22/h3-8,13H,9-12,14H2,1-2H3. The monoisotopic (exact) mass is 325 g/mol. The van der Waals surface area contributed by atoms with Crippen molar-refractivity contribution in [1.29, 1.82) is 0 Å². The fraction of sp³-hybridized carbons (Fsp3) is 0.368. The molecular formula is C19H23N3O2. The average molecular weight is 325 g/mol. The Morgan fingerprint density at radius 1 is 1.17 bits per heavy atom. The molecule has 1 fully saturated rings. The number of amides is 1. The molecule has 1 saturated heterocycles. The molecule has 0 unspecified atom stereocenters. The minimum atomic E-state index is -0.0141. The van der Waals surface area contributed by atoms with E-state index in [4.69, 9.17) is 4.74 Å². The molecule has 0 saturated carbocycles. The number of pyridine rings is 1. The van der Waals surface area contributed by atoms with E-state index in [1.807, 2.05) is 26.1 Å². The minimum Gasteiger partial charge on any atom is -0.378 e. The van der Waals surface area contributed by atoms with Gasteiger partial charge in [0.25, 0.3) is 5.91 Å². The van der Waals surface area contributed by atoms with Crippen LogP contribution in [0.2, 0.25) is 0 Å². The summed E-state index contributed by atoms with van der Waals surface area (Å²) in [7, 11) is 1.82. The van der Waals surface area contributed by atoms with Gasteiger partial charge in [0.2, 0.25) is 0 Å². The van der Waals surface area contributed by atoms with Crippen molar-refractivity contribution in [2.45, 2.75) is 13.5 Å². The maximum Gasteiger partial charge on any atom is 0.255 e. The summed E-state index contributed by atoms with van der Waals surface area (Å²) in [6, 6.07) is 12.1. The number of aromatic nitrogens is 1. The first kappa shape index (κ1) is 16.5. The number of aryl methyl sites for hydroxylation is 1. The Balaban J connectivity index is 1.62. The lowest BCUT2D eigenvalue weighted by Crippen LogP contribution is -2.36. The van der Waals surface area contributed by atoms with Gasteiger partial charge in [-0.05, 0) is 36.8 Å². The Morgan fingerprint density at radius 2 is 1.88 bits per heavy atom. The summed E-state index contributed by atoms with van der Waals surface area (Å²) in [6.45, 7) is 5.91. The molecule has 5 nitrogen and oxygen atoms in total. The van der Waals surface area contributed by atoms with Crippen molar-refractivity contribution >= 4 is 11.6 Å². The Labute approximate surface area is 142 Å². The molecule has 126 valence electrons. The number of carbonyl (C=O) groups excluding carboxylic acids is 1. The van der Waals surface area contributed by atoms with E-state index in [2.05, 4.69) is 34.1 Å². The van der Waals surface area contributed by atoms with Crippen LogP contribution < -0.4 is 4.90 Å². The van der Waals surface area contributed by atoms with Crippen LogP contribution in [0.5, 0.6) is 0 Å². The summed E-state index contributed by atoms with van der Waals surface area (Å²) in [5.74, 6) is -0.0141. The molecule has 5 heteroatoms. The van der Waals surface area contributed by atoms with Crippen molar-refractivity contribution in [3.8, 4) is 0 Å². The van der Waals surface area contributed by atoms with Crippen LogP contribution in [0.15, 0.2) is 42.6 Å². The molecule has 24 heavy (non-hydrogen) atoms. The third-order valence-electron chi connectivity index (χ3n) is 4.24. The van der Waals surface area contributed by atoms with Crippen molar-refractivity contribution in [3.05, 3.63) is 59.4 Å². The zero-order chi connectivity index (χ0) is 16.9. The van der Waals surface area contributed by atoms with Crippen LogP contribution in [0.4, 0.5) is 5.69 Å². The molecule has 1 amide bonds. The molecule has 2 heterocycles. The normalized spacial score (nSPS) is 14.5. The first-order chi connectivity index (χ1) is 11.6. The molecule has 1 aromatic heterocycles. The molecule has 1 aliphatic rings. The average Bonchev–Trinajstić information content (AvgIpc) is 2.63. The largest absolute Gasteiger partial charge is 0.378 e. The highest BCUT2D eigenvalue weighted by Gasteiger charge is 2.14. The van der Waals surface area contributed by atoms with Crippen molar-refractivity contribution < 1.29 is 9.53 Å². The topological polar surface area (TPSA) is 45.7 Å². The summed E-state index contributed by atoms with van der Waals surface area (Å²) in [5.41, 5.74) is 3.85. The molecule has 0 N–H and O–H groups in total. The number of nitrogens with zero attached hydrogens (tertiary/aromatic N) is 3. The van der Waals surface area contributed by atoms with Gasteiger partial charge >= 0.3 is 0 Å². The van der Waals surface area contributed by atoms with E-state index < -0.39 is 0 Å². The van der Waals surface area contributed by atoms with Gasteiger partial charge in [0.15, 0.2) is 0 Å². The second-order valence-corrected chi connectivity index (χ2v) is 6.12. The molecule has 2 aromatic rings. The maximum atomic E-state index is 12.4. The van der Waals surface area contributed by atoms with Gasteiger partial charge in [-0.15, -0.1) is 0 Å². The van der Waals surface area contributed by atoms with E-state index in [1.54, 1.807) is 11.1 Å². The van der Waals surface area contributed by atoms with E-state index in [0.717, 1.165) is 37.6 Å². The second-order valence-electron chi connectivity index (χ2n) is 6.12. The zero-order valence-corrected chi connectivity index (χ0v) is 14.2. The number of hydrogen-bond donors (Lipinski definition) is 0. The predicted molar refractivity (Wildman–Crippen MR) is 94.2 cm³/mol. The lowest BCUT2D eigenvalue weighted by Gasteiger charge is -2.29. The Morgan fingerprint density at radius 3 is 2.50 bits per heavy atom. The molecule has 0 aliphatic carbocycles. The molecule has 0 atom stereocenters. The maximum absolute atomic E-state index is 12.4. The first-order valence-electron chi connectivity index (χ1n) is 8.23. The fourth-order valence-electron chi connectivity index (χ4n) is 2.79. The van der Waals surface area contributed by atoms with Gasteiger partial charge < -0.3 is 14.5 Å². The van der Waals surface area contributed by atoms with Crippen LogP contribution in [-0.4, -0.2) is 49.1 Å². The predicted octanol–water partition coefficient (Wildman–Crippen LogP) is 2.50. The highest BCUT2D eigenvalue weighted by atomic mass is 16.5. The Bertz CT molecular complexity index is 677. The van der Waals surface area contributed by atoms with Gasteiger partial charge in [0.05, 0.1) is 18.8 Å². The number of carbonyl (C=O) groups is 1. The lowest BCUT2D eigenvalue weighted by atomic mass is 10.1.